The fourth-order valence-corrected chi connectivity index (χ4v) is 19.9. The van der Waals surface area contributed by atoms with Crippen LogP contribution in [0.25, 0.3) is 0 Å². The van der Waals surface area contributed by atoms with Crippen LogP contribution in [0.1, 0.15) is 92.9 Å². The molecule has 5 nitrogen and oxygen atoms in total. The number of unbranched alkanes of at least 4 members (excludes halogenated alkanes) is 3. The number of ether oxygens (including phenoxy) is 2. The normalized spacial score (nSPS) is 19.1. The number of methoxy groups -OCH3 is 1. The number of alkyl carbamates (subject to hydrolysis) is 1. The van der Waals surface area contributed by atoms with Crippen LogP contribution in [-0.2, 0) is 14.3 Å². The van der Waals surface area contributed by atoms with E-state index in [1.165, 1.54) is 64.5 Å². The number of carbonyl (C=O) groups excluding carboxylic acids is 2. The zero-order valence-corrected chi connectivity index (χ0v) is 23.3. The van der Waals surface area contributed by atoms with Gasteiger partial charge in [-0.05, 0) is 0 Å². The van der Waals surface area contributed by atoms with Crippen molar-refractivity contribution in [3.8, 4) is 0 Å². The Morgan fingerprint density at radius 1 is 1.00 bits per heavy atom. The second-order valence-corrected chi connectivity index (χ2v) is 22.9. The molecule has 0 bridgehead atoms. The van der Waals surface area contributed by atoms with Crippen LogP contribution in [0.2, 0.25) is 13.3 Å². The van der Waals surface area contributed by atoms with E-state index in [2.05, 4.69) is 30.2 Å². The maximum atomic E-state index is 12.5. The molecular weight excluding hydrogens is 485 g/mol. The summed E-state index contributed by atoms with van der Waals surface area (Å²) in [6.45, 7) is 12.3. The minimum atomic E-state index is -2.42. The van der Waals surface area contributed by atoms with Gasteiger partial charge < -0.3 is 0 Å². The number of nitrogens with one attached hydrogen (secondary N) is 1. The first kappa shape index (κ1) is 27.3. The van der Waals surface area contributed by atoms with E-state index in [1.807, 2.05) is 20.8 Å². The number of hydrogen-bond donors (Lipinski definition) is 1. The van der Waals surface area contributed by atoms with E-state index in [0.29, 0.717) is 12.8 Å². The number of carbonyl (C=O) groups is 2. The topological polar surface area (TPSA) is 64.6 Å². The summed E-state index contributed by atoms with van der Waals surface area (Å²) < 4.78 is 17.3. The first-order valence-corrected chi connectivity index (χ1v) is 19.6. The third-order valence-electron chi connectivity index (χ3n) is 5.97. The van der Waals surface area contributed by atoms with E-state index in [9.17, 15) is 9.59 Å². The van der Waals surface area contributed by atoms with Gasteiger partial charge in [0.05, 0.1) is 0 Å². The van der Waals surface area contributed by atoms with E-state index in [0.717, 1.165) is 0 Å². The molecule has 0 atom stereocenters. The van der Waals surface area contributed by atoms with Gasteiger partial charge in [0.25, 0.3) is 0 Å². The van der Waals surface area contributed by atoms with Crippen molar-refractivity contribution in [3.63, 3.8) is 0 Å². The van der Waals surface area contributed by atoms with Crippen molar-refractivity contribution in [3.05, 3.63) is 9.67 Å². The van der Waals surface area contributed by atoms with Crippen molar-refractivity contribution in [2.24, 2.45) is 0 Å². The molecule has 1 rings (SSSR count). The van der Waals surface area contributed by atoms with E-state index in [4.69, 9.17) is 9.47 Å². The summed E-state index contributed by atoms with van der Waals surface area (Å²) in [6.07, 6.45) is 8.22. The van der Waals surface area contributed by atoms with Crippen LogP contribution in [0.15, 0.2) is 9.67 Å². The molecule has 1 aliphatic carbocycles. The average Bonchev–Trinajstić information content (AvgIpc) is 2.64. The number of amides is 1. The molecule has 174 valence electrons. The maximum absolute atomic E-state index is 12.5. The van der Waals surface area contributed by atoms with Gasteiger partial charge in [0.2, 0.25) is 0 Å². The van der Waals surface area contributed by atoms with E-state index < -0.39 is 35.6 Å². The van der Waals surface area contributed by atoms with Crippen LogP contribution in [0.5, 0.6) is 0 Å². The standard InChI is InChI=1S/C12H18NO4.3C4H9.Sn/c1-8-6-12(7-8,9(14)16-5)13-10(15)17-11(2,3)4;3*1-3-4-2;/h1H,6-7H2,2-5H3,(H,13,15);3*1,3-4H2,2H3;. The summed E-state index contributed by atoms with van der Waals surface area (Å²) in [4.78, 5) is 24.9. The Balaban J connectivity index is 3.04. The monoisotopic (exact) mass is 531 g/mol. The molecule has 1 aliphatic rings. The second-order valence-electron chi connectivity index (χ2n) is 10.0. The quantitative estimate of drug-likeness (QED) is 0.230. The van der Waals surface area contributed by atoms with Gasteiger partial charge in [0.1, 0.15) is 0 Å². The first-order valence-electron chi connectivity index (χ1n) is 11.9. The molecule has 0 aliphatic heterocycles. The molecule has 0 heterocycles. The van der Waals surface area contributed by atoms with Gasteiger partial charge in [0.15, 0.2) is 0 Å². The van der Waals surface area contributed by atoms with Gasteiger partial charge in [-0.15, -0.1) is 0 Å². The van der Waals surface area contributed by atoms with Crippen LogP contribution in [0, 0.1) is 0 Å². The molecular formula is C24H45NO4Sn. The van der Waals surface area contributed by atoms with E-state index >= 15 is 0 Å². The van der Waals surface area contributed by atoms with Gasteiger partial charge >= 0.3 is 189 Å². The zero-order valence-electron chi connectivity index (χ0n) is 20.5. The molecule has 0 unspecified atom stereocenters. The zero-order chi connectivity index (χ0) is 22.8. The van der Waals surface area contributed by atoms with E-state index in [1.54, 1.807) is 0 Å². The Labute approximate surface area is 188 Å². The predicted molar refractivity (Wildman–Crippen MR) is 126 cm³/mol. The Morgan fingerprint density at radius 2 is 1.47 bits per heavy atom. The van der Waals surface area contributed by atoms with Crippen molar-refractivity contribution in [1.82, 2.24) is 5.32 Å². The van der Waals surface area contributed by atoms with Crippen LogP contribution < -0.4 is 5.32 Å². The summed E-state index contributed by atoms with van der Waals surface area (Å²) in [6, 6.07) is 0. The predicted octanol–water partition coefficient (Wildman–Crippen LogP) is 6.53. The van der Waals surface area contributed by atoms with Crippen molar-refractivity contribution in [2.75, 3.05) is 7.11 Å². The van der Waals surface area contributed by atoms with Crippen molar-refractivity contribution in [1.29, 1.82) is 0 Å². The number of esters is 1. The van der Waals surface area contributed by atoms with Crippen molar-refractivity contribution in [2.45, 2.75) is 117 Å². The van der Waals surface area contributed by atoms with Crippen molar-refractivity contribution < 1.29 is 19.1 Å². The van der Waals surface area contributed by atoms with Gasteiger partial charge in [0, 0.05) is 0 Å². The van der Waals surface area contributed by atoms with Crippen LogP contribution in [0.3, 0.4) is 0 Å². The number of hydrogen-bond acceptors (Lipinski definition) is 4. The Morgan fingerprint density at radius 3 is 1.83 bits per heavy atom. The molecule has 1 amide bonds. The summed E-state index contributed by atoms with van der Waals surface area (Å²) in [5.74, 6) is -0.373. The summed E-state index contributed by atoms with van der Waals surface area (Å²) in [7, 11) is 1.38. The molecule has 0 aromatic heterocycles. The van der Waals surface area contributed by atoms with Crippen LogP contribution in [-0.4, -0.2) is 48.7 Å². The fourth-order valence-electron chi connectivity index (χ4n) is 4.41. The minimum absolute atomic E-state index is 0.373. The summed E-state index contributed by atoms with van der Waals surface area (Å²) >= 11 is -2.42. The molecule has 0 aromatic carbocycles. The molecule has 1 saturated carbocycles. The number of rotatable bonds is 12. The van der Waals surface area contributed by atoms with Gasteiger partial charge in [-0.2, -0.15) is 0 Å². The first-order chi connectivity index (χ1) is 14.0. The second kappa shape index (κ2) is 12.3. The third-order valence-corrected chi connectivity index (χ3v) is 20.4. The Hall–Kier alpha value is -0.721. The Kier molecular flexibility index (Phi) is 11.2. The molecule has 0 aromatic rings. The molecule has 0 spiro atoms. The van der Waals surface area contributed by atoms with Gasteiger partial charge in [-0.3, -0.25) is 0 Å². The van der Waals surface area contributed by atoms with Gasteiger partial charge in [-0.1, -0.05) is 0 Å². The van der Waals surface area contributed by atoms with Crippen molar-refractivity contribution >= 4 is 30.4 Å². The summed E-state index contributed by atoms with van der Waals surface area (Å²) in [5.41, 5.74) is -0.230. The van der Waals surface area contributed by atoms with Gasteiger partial charge in [-0.25, -0.2) is 0 Å². The average molecular weight is 530 g/mol. The van der Waals surface area contributed by atoms with E-state index in [-0.39, 0.29) is 5.97 Å². The molecule has 0 saturated heterocycles. The molecule has 6 heteroatoms. The Bertz CT molecular complexity index is 565. The molecule has 0 radical (unpaired) electrons. The third kappa shape index (κ3) is 8.43. The fraction of sp³-hybridized carbons (Fsp3) is 0.833. The molecule has 1 fully saturated rings. The van der Waals surface area contributed by atoms with Crippen LogP contribution >= 0.6 is 0 Å². The summed E-state index contributed by atoms with van der Waals surface area (Å²) in [5, 5.41) is 2.83. The van der Waals surface area contributed by atoms with Crippen LogP contribution in [0.4, 0.5) is 4.79 Å². The molecule has 30 heavy (non-hydrogen) atoms. The molecule has 1 N–H and O–H groups in total. The SMILES string of the molecule is CCC[CH2][Sn]([CH]=C1CC(NC(=O)OC(C)(C)C)(C(=O)OC)C1)([CH2]CCC)[CH2]CCC.